The third-order valence-corrected chi connectivity index (χ3v) is 3.97. The minimum Gasteiger partial charge on any atom is -0.497 e. The van der Waals surface area contributed by atoms with Crippen LogP contribution in [0.25, 0.3) is 21.3 Å². The van der Waals surface area contributed by atoms with E-state index >= 15 is 0 Å². The predicted molar refractivity (Wildman–Crippen MR) is 79.6 cm³/mol. The van der Waals surface area contributed by atoms with Crippen LogP contribution < -0.4 is 10.3 Å². The van der Waals surface area contributed by atoms with Crippen LogP contribution in [0.4, 0.5) is 0 Å². The monoisotopic (exact) mass is 290 g/mol. The normalized spacial score (nSPS) is 10.8. The van der Waals surface area contributed by atoms with E-state index in [4.69, 9.17) is 17.0 Å². The summed E-state index contributed by atoms with van der Waals surface area (Å²) in [7, 11) is 1.62. The van der Waals surface area contributed by atoms with Gasteiger partial charge in [-0.2, -0.15) is 0 Å². The molecule has 96 valence electrons. The van der Waals surface area contributed by atoms with Crippen molar-refractivity contribution in [3.8, 4) is 16.9 Å². The third kappa shape index (κ3) is 2.09. The highest BCUT2D eigenvalue weighted by Crippen LogP contribution is 2.31. The number of fused-ring (bicyclic) bond motifs is 1. The molecule has 0 saturated heterocycles. The van der Waals surface area contributed by atoms with E-state index in [9.17, 15) is 4.79 Å². The quantitative estimate of drug-likeness (QED) is 0.712. The number of H-pyrrole nitrogens is 2. The fourth-order valence-corrected chi connectivity index (χ4v) is 3.19. The van der Waals surface area contributed by atoms with Gasteiger partial charge in [0.1, 0.15) is 10.6 Å². The van der Waals surface area contributed by atoms with E-state index in [2.05, 4.69) is 9.97 Å². The lowest BCUT2D eigenvalue weighted by Crippen LogP contribution is -2.06. The van der Waals surface area contributed by atoms with Crippen LogP contribution in [-0.2, 0) is 0 Å². The number of aromatic amines is 2. The van der Waals surface area contributed by atoms with Crippen LogP contribution in [0.2, 0.25) is 0 Å². The second-order valence-corrected chi connectivity index (χ2v) is 5.28. The number of aromatic nitrogens is 2. The van der Waals surface area contributed by atoms with Gasteiger partial charge in [-0.3, -0.25) is 9.78 Å². The Bertz CT molecular complexity index is 843. The Morgan fingerprint density at radius 2 is 1.95 bits per heavy atom. The summed E-state index contributed by atoms with van der Waals surface area (Å²) in [5, 5.41) is 2.59. The molecule has 0 atom stereocenters. The summed E-state index contributed by atoms with van der Waals surface area (Å²) < 4.78 is 5.48. The molecule has 2 aromatic heterocycles. The molecule has 0 amide bonds. The van der Waals surface area contributed by atoms with Crippen molar-refractivity contribution >= 4 is 33.8 Å². The number of hydrogen-bond acceptors (Lipinski definition) is 4. The minimum absolute atomic E-state index is 0.161. The smallest absolute Gasteiger partial charge is 0.261 e. The van der Waals surface area contributed by atoms with E-state index in [1.54, 1.807) is 7.11 Å². The highest BCUT2D eigenvalue weighted by molar-refractivity contribution is 7.71. The van der Waals surface area contributed by atoms with Crippen LogP contribution in [0.1, 0.15) is 0 Å². The highest BCUT2D eigenvalue weighted by Gasteiger charge is 2.10. The molecular weight excluding hydrogens is 280 g/mol. The molecule has 3 aromatic rings. The molecule has 2 heterocycles. The summed E-state index contributed by atoms with van der Waals surface area (Å²) in [5.41, 5.74) is 1.71. The van der Waals surface area contributed by atoms with Crippen molar-refractivity contribution in [3.63, 3.8) is 0 Å². The molecule has 0 aliphatic heterocycles. The van der Waals surface area contributed by atoms with Crippen LogP contribution in [0.3, 0.4) is 0 Å². The van der Waals surface area contributed by atoms with E-state index in [1.807, 2.05) is 29.6 Å². The van der Waals surface area contributed by atoms with Crippen molar-refractivity contribution in [3.05, 3.63) is 44.8 Å². The van der Waals surface area contributed by atoms with Gasteiger partial charge < -0.3 is 9.72 Å². The summed E-state index contributed by atoms with van der Waals surface area (Å²) in [6.45, 7) is 0. The summed E-state index contributed by atoms with van der Waals surface area (Å²) in [4.78, 5) is 18.4. The van der Waals surface area contributed by atoms with Gasteiger partial charge in [0.2, 0.25) is 0 Å². The van der Waals surface area contributed by atoms with Gasteiger partial charge in [-0.05, 0) is 29.9 Å². The lowest BCUT2D eigenvalue weighted by molar-refractivity contribution is 0.415. The number of nitrogens with one attached hydrogen (secondary N) is 2. The van der Waals surface area contributed by atoms with E-state index in [-0.39, 0.29) is 5.56 Å². The third-order valence-electron chi connectivity index (χ3n) is 2.87. The minimum atomic E-state index is -0.161. The molecule has 4 nitrogen and oxygen atoms in total. The topological polar surface area (TPSA) is 57.9 Å². The van der Waals surface area contributed by atoms with E-state index in [1.165, 1.54) is 11.3 Å². The molecule has 2 N–H and O–H groups in total. The molecule has 0 unspecified atom stereocenters. The van der Waals surface area contributed by atoms with Crippen LogP contribution in [-0.4, -0.2) is 17.1 Å². The van der Waals surface area contributed by atoms with Crippen molar-refractivity contribution < 1.29 is 4.74 Å². The van der Waals surface area contributed by atoms with Gasteiger partial charge in [0, 0.05) is 10.9 Å². The molecule has 0 aliphatic rings. The van der Waals surface area contributed by atoms with Crippen molar-refractivity contribution in [2.75, 3.05) is 7.11 Å². The maximum Gasteiger partial charge on any atom is 0.261 e. The zero-order valence-corrected chi connectivity index (χ0v) is 11.7. The Kier molecular flexibility index (Phi) is 2.96. The van der Waals surface area contributed by atoms with Crippen molar-refractivity contribution in [1.82, 2.24) is 9.97 Å². The maximum absolute atomic E-state index is 12.0. The average Bonchev–Trinajstić information content (AvgIpc) is 2.83. The summed E-state index contributed by atoms with van der Waals surface area (Å²) in [6.07, 6.45) is 0. The van der Waals surface area contributed by atoms with Gasteiger partial charge in [0.25, 0.3) is 5.56 Å². The summed E-state index contributed by atoms with van der Waals surface area (Å²) >= 11 is 6.44. The van der Waals surface area contributed by atoms with Gasteiger partial charge in [-0.1, -0.05) is 12.1 Å². The Labute approximate surface area is 117 Å². The number of rotatable bonds is 2. The molecule has 0 saturated carbocycles. The first kappa shape index (κ1) is 12.1. The Morgan fingerprint density at radius 3 is 2.63 bits per heavy atom. The fourth-order valence-electron chi connectivity index (χ4n) is 1.96. The van der Waals surface area contributed by atoms with Gasteiger partial charge in [0.15, 0.2) is 4.77 Å². The molecule has 1 aromatic carbocycles. The summed E-state index contributed by atoms with van der Waals surface area (Å²) in [6, 6.07) is 7.61. The number of thiophene rings is 1. The molecule has 6 heteroatoms. The average molecular weight is 290 g/mol. The molecule has 0 aliphatic carbocycles. The molecule has 0 bridgehead atoms. The van der Waals surface area contributed by atoms with Crippen LogP contribution in [0, 0.1) is 4.77 Å². The Morgan fingerprint density at radius 1 is 1.21 bits per heavy atom. The van der Waals surface area contributed by atoms with Crippen LogP contribution in [0.15, 0.2) is 34.4 Å². The molecule has 0 fully saturated rings. The van der Waals surface area contributed by atoms with Crippen molar-refractivity contribution in [2.45, 2.75) is 0 Å². The van der Waals surface area contributed by atoms with Crippen molar-refractivity contribution in [2.24, 2.45) is 0 Å². The number of benzene rings is 1. The SMILES string of the molecule is COc1ccc(-c2csc3[nH]c(=S)[nH]c(=O)c23)cc1. The van der Waals surface area contributed by atoms with Gasteiger partial charge in [-0.25, -0.2) is 0 Å². The summed E-state index contributed by atoms with van der Waals surface area (Å²) in [5.74, 6) is 0.789. The second kappa shape index (κ2) is 4.64. The maximum atomic E-state index is 12.0. The van der Waals surface area contributed by atoms with Crippen molar-refractivity contribution in [1.29, 1.82) is 0 Å². The van der Waals surface area contributed by atoms with E-state index < -0.39 is 0 Å². The zero-order chi connectivity index (χ0) is 13.4. The van der Waals surface area contributed by atoms with Gasteiger partial charge >= 0.3 is 0 Å². The largest absolute Gasteiger partial charge is 0.497 e. The first-order valence-electron chi connectivity index (χ1n) is 5.57. The lowest BCUT2D eigenvalue weighted by Gasteiger charge is -2.02. The molecule has 19 heavy (non-hydrogen) atoms. The molecular formula is C13H10N2O2S2. The standard InChI is InChI=1S/C13H10N2O2S2/c1-17-8-4-2-7(3-5-8)9-6-19-12-10(9)11(16)14-13(18)15-12/h2-6H,1H3,(H2,14,15,16,18). The van der Waals surface area contributed by atoms with Gasteiger partial charge in [-0.15, -0.1) is 11.3 Å². The first-order chi connectivity index (χ1) is 9.19. The van der Waals surface area contributed by atoms with E-state index in [0.717, 1.165) is 21.7 Å². The first-order valence-corrected chi connectivity index (χ1v) is 6.86. The highest BCUT2D eigenvalue weighted by atomic mass is 32.1. The molecule has 3 rings (SSSR count). The number of methoxy groups -OCH3 is 1. The lowest BCUT2D eigenvalue weighted by atomic mass is 10.1. The predicted octanol–water partition coefficient (Wildman–Crippen LogP) is 3.32. The van der Waals surface area contributed by atoms with Crippen LogP contribution in [0.5, 0.6) is 5.75 Å². The Hall–Kier alpha value is -1.92. The Balaban J connectivity index is 2.25. The number of ether oxygens (including phenoxy) is 1. The molecule has 0 spiro atoms. The van der Waals surface area contributed by atoms with Gasteiger partial charge in [0.05, 0.1) is 12.5 Å². The van der Waals surface area contributed by atoms with E-state index in [0.29, 0.717) is 10.2 Å². The number of hydrogen-bond donors (Lipinski definition) is 2. The second-order valence-electron chi connectivity index (χ2n) is 3.99. The zero-order valence-electron chi connectivity index (χ0n) is 10.0. The van der Waals surface area contributed by atoms with Crippen LogP contribution >= 0.6 is 23.6 Å². The fraction of sp³-hybridized carbons (Fsp3) is 0.0769. The molecule has 0 radical (unpaired) electrons.